The van der Waals surface area contributed by atoms with Gasteiger partial charge in [-0.15, -0.1) is 4.80 Å². The summed E-state index contributed by atoms with van der Waals surface area (Å²) in [7, 11) is 1.54. The van der Waals surface area contributed by atoms with Crippen molar-refractivity contribution < 1.29 is 19.4 Å². The molecule has 3 amide bonds. The van der Waals surface area contributed by atoms with Crippen LogP contribution in [0, 0.1) is 0 Å². The first-order valence-electron chi connectivity index (χ1n) is 9.33. The number of pyridine rings is 1. The largest absolute Gasteiger partial charge is 0.497 e. The zero-order valence-corrected chi connectivity index (χ0v) is 16.3. The molecule has 11 heteroatoms. The average Bonchev–Trinajstić information content (AvgIpc) is 3.46. The summed E-state index contributed by atoms with van der Waals surface area (Å²) >= 11 is 0. The van der Waals surface area contributed by atoms with Gasteiger partial charge in [0, 0.05) is 23.2 Å². The van der Waals surface area contributed by atoms with Crippen LogP contribution in [-0.4, -0.2) is 48.7 Å². The van der Waals surface area contributed by atoms with E-state index in [2.05, 4.69) is 25.8 Å². The Hall–Kier alpha value is -4.41. The Morgan fingerprint density at radius 1 is 1.23 bits per heavy atom. The molecule has 4 heterocycles. The number of carbonyl (C=O) groups excluding carboxylic acids is 2. The van der Waals surface area contributed by atoms with Gasteiger partial charge in [-0.1, -0.05) is 0 Å². The molecule has 1 aromatic carbocycles. The van der Waals surface area contributed by atoms with Crippen molar-refractivity contribution in [3.05, 3.63) is 60.8 Å². The number of urea groups is 1. The third-order valence-corrected chi connectivity index (χ3v) is 5.22. The lowest BCUT2D eigenvalue weighted by atomic mass is 9.96. The van der Waals surface area contributed by atoms with Crippen molar-refractivity contribution in [2.75, 3.05) is 7.11 Å². The second-order valence-corrected chi connectivity index (χ2v) is 7.08. The average molecular weight is 419 g/mol. The summed E-state index contributed by atoms with van der Waals surface area (Å²) < 4.78 is 6.70. The van der Waals surface area contributed by atoms with E-state index in [1.54, 1.807) is 48.9 Å². The molecule has 1 atom stereocenters. The van der Waals surface area contributed by atoms with Crippen LogP contribution in [0.15, 0.2) is 55.1 Å². The predicted molar refractivity (Wildman–Crippen MR) is 108 cm³/mol. The van der Waals surface area contributed by atoms with Gasteiger partial charge in [-0.3, -0.25) is 15.1 Å². The van der Waals surface area contributed by atoms with Crippen molar-refractivity contribution in [3.8, 4) is 17.3 Å². The van der Waals surface area contributed by atoms with Crippen molar-refractivity contribution in [3.63, 3.8) is 0 Å². The van der Waals surface area contributed by atoms with Crippen LogP contribution in [0.2, 0.25) is 0 Å². The predicted octanol–water partition coefficient (Wildman–Crippen LogP) is 1.07. The zero-order chi connectivity index (χ0) is 21.6. The van der Waals surface area contributed by atoms with Crippen LogP contribution >= 0.6 is 0 Å². The van der Waals surface area contributed by atoms with Gasteiger partial charge in [0.2, 0.25) is 0 Å². The van der Waals surface area contributed by atoms with Crippen LogP contribution in [0.25, 0.3) is 16.5 Å². The number of methoxy groups -OCH3 is 1. The molecule has 0 unspecified atom stereocenters. The second-order valence-electron chi connectivity index (χ2n) is 7.08. The number of ether oxygens (including phenoxy) is 1. The van der Waals surface area contributed by atoms with E-state index in [0.29, 0.717) is 16.8 Å². The van der Waals surface area contributed by atoms with Crippen molar-refractivity contribution in [1.29, 1.82) is 0 Å². The van der Waals surface area contributed by atoms with Gasteiger partial charge < -0.3 is 19.7 Å². The van der Waals surface area contributed by atoms with Crippen LogP contribution in [0.3, 0.4) is 0 Å². The van der Waals surface area contributed by atoms with Gasteiger partial charge in [-0.25, -0.2) is 4.79 Å². The first kappa shape index (κ1) is 18.6. The summed E-state index contributed by atoms with van der Waals surface area (Å²) in [6.07, 6.45) is 6.28. The fourth-order valence-electron chi connectivity index (χ4n) is 3.65. The van der Waals surface area contributed by atoms with E-state index in [0.717, 1.165) is 5.39 Å². The smallest absolute Gasteiger partial charge is 0.322 e. The van der Waals surface area contributed by atoms with E-state index in [-0.39, 0.29) is 18.1 Å². The molecule has 156 valence electrons. The van der Waals surface area contributed by atoms with E-state index in [1.165, 1.54) is 22.7 Å². The highest BCUT2D eigenvalue weighted by Crippen LogP contribution is 2.34. The van der Waals surface area contributed by atoms with E-state index in [1.807, 2.05) is 0 Å². The summed E-state index contributed by atoms with van der Waals surface area (Å²) in [5.74, 6) is -0.0751. The maximum Gasteiger partial charge on any atom is 0.322 e. The molecule has 11 nitrogen and oxygen atoms in total. The van der Waals surface area contributed by atoms with E-state index < -0.39 is 17.5 Å². The highest BCUT2D eigenvalue weighted by Gasteiger charge is 2.50. The number of carbonyl (C=O) groups is 2. The molecule has 1 aliphatic heterocycles. The van der Waals surface area contributed by atoms with Crippen molar-refractivity contribution >= 4 is 22.7 Å². The van der Waals surface area contributed by atoms with Crippen molar-refractivity contribution in [2.24, 2.45) is 0 Å². The Kier molecular flexibility index (Phi) is 4.10. The summed E-state index contributed by atoms with van der Waals surface area (Å²) in [6.45, 7) is -0.0981. The minimum Gasteiger partial charge on any atom is -0.497 e. The van der Waals surface area contributed by atoms with Crippen LogP contribution in [-0.2, 0) is 16.9 Å². The van der Waals surface area contributed by atoms with E-state index in [4.69, 9.17) is 4.74 Å². The zero-order valence-electron chi connectivity index (χ0n) is 16.3. The number of amides is 3. The Balaban J connectivity index is 1.59. The third-order valence-electron chi connectivity index (χ3n) is 5.22. The molecule has 1 saturated heterocycles. The molecule has 4 aromatic rings. The molecule has 3 aromatic heterocycles. The lowest BCUT2D eigenvalue weighted by molar-refractivity contribution is -0.125. The number of benzene rings is 1. The number of aromatic hydroxyl groups is 1. The van der Waals surface area contributed by atoms with Gasteiger partial charge >= 0.3 is 6.03 Å². The fourth-order valence-corrected chi connectivity index (χ4v) is 3.65. The molecule has 0 saturated carbocycles. The maximum absolute atomic E-state index is 12.9. The van der Waals surface area contributed by atoms with Gasteiger partial charge in [0.1, 0.15) is 17.1 Å². The molecular weight excluding hydrogens is 402 g/mol. The van der Waals surface area contributed by atoms with Gasteiger partial charge in [0.15, 0.2) is 11.4 Å². The Morgan fingerprint density at radius 3 is 2.81 bits per heavy atom. The third kappa shape index (κ3) is 2.94. The van der Waals surface area contributed by atoms with Crippen LogP contribution in [0.5, 0.6) is 11.6 Å². The van der Waals surface area contributed by atoms with Crippen LogP contribution in [0.4, 0.5) is 4.79 Å². The quantitative estimate of drug-likeness (QED) is 0.412. The van der Waals surface area contributed by atoms with Crippen LogP contribution in [0.1, 0.15) is 5.69 Å². The van der Waals surface area contributed by atoms with Crippen molar-refractivity contribution in [1.82, 2.24) is 35.2 Å². The first-order valence-corrected chi connectivity index (χ1v) is 9.33. The SMILES string of the molecule is COc1ccc2cn(C[C@@]3(c4cnn(-c5cccnc5)n4)NC(=O)NC3=O)c(O)c2c1. The number of hydrogen-bond acceptors (Lipinski definition) is 7. The highest BCUT2D eigenvalue weighted by molar-refractivity contribution is 6.07. The van der Waals surface area contributed by atoms with E-state index >= 15 is 0 Å². The molecule has 1 aliphatic rings. The first-order chi connectivity index (χ1) is 15.0. The molecule has 5 rings (SSSR count). The second kappa shape index (κ2) is 6.83. The summed E-state index contributed by atoms with van der Waals surface area (Å²) in [5.41, 5.74) is -0.751. The highest BCUT2D eigenvalue weighted by atomic mass is 16.5. The lowest BCUT2D eigenvalue weighted by Gasteiger charge is -2.24. The minimum absolute atomic E-state index is 0.0677. The normalized spacial score (nSPS) is 18.2. The number of aromatic nitrogens is 5. The number of rotatable bonds is 5. The molecule has 0 spiro atoms. The number of nitrogens with zero attached hydrogens (tertiary/aromatic N) is 5. The molecule has 3 N–H and O–H groups in total. The molecule has 0 aliphatic carbocycles. The summed E-state index contributed by atoms with van der Waals surface area (Å²) in [4.78, 5) is 30.3. The molecule has 31 heavy (non-hydrogen) atoms. The van der Waals surface area contributed by atoms with Gasteiger partial charge in [-0.05, 0) is 30.3 Å². The topological polar surface area (TPSA) is 136 Å². The monoisotopic (exact) mass is 419 g/mol. The Labute approximate surface area is 175 Å². The van der Waals surface area contributed by atoms with Gasteiger partial charge in [0.25, 0.3) is 5.91 Å². The fraction of sp³-hybridized carbons (Fsp3) is 0.150. The summed E-state index contributed by atoms with van der Waals surface area (Å²) in [5, 5.41) is 25.6. The number of nitrogens with one attached hydrogen (secondary N) is 2. The van der Waals surface area contributed by atoms with E-state index in [9.17, 15) is 14.7 Å². The molecule has 0 bridgehead atoms. The molecule has 0 radical (unpaired) electrons. The minimum atomic E-state index is -1.56. The summed E-state index contributed by atoms with van der Waals surface area (Å²) in [6, 6.07) is 8.09. The standard InChI is InChI=1S/C20H17N7O4/c1-31-14-5-4-12-10-26(17(28)15(12)7-14)11-20(18(29)23-19(30)24-20)16-9-22-27(25-16)13-3-2-6-21-8-13/h2-10,28H,11H2,1H3,(H2,23,24,29,30)/t20-/m0/s1. The number of fused-ring (bicyclic) bond motifs is 1. The van der Waals surface area contributed by atoms with Crippen LogP contribution < -0.4 is 15.4 Å². The molecule has 1 fully saturated rings. The Bertz CT molecular complexity index is 1310. The number of hydrogen-bond donors (Lipinski definition) is 3. The Morgan fingerprint density at radius 2 is 2.10 bits per heavy atom. The molecular formula is C20H17N7O4. The van der Waals surface area contributed by atoms with Gasteiger partial charge in [-0.2, -0.15) is 10.2 Å². The van der Waals surface area contributed by atoms with Crippen molar-refractivity contribution in [2.45, 2.75) is 12.1 Å². The maximum atomic E-state index is 12.9. The lowest BCUT2D eigenvalue weighted by Crippen LogP contribution is -2.47. The number of imide groups is 1. The van der Waals surface area contributed by atoms with Gasteiger partial charge in [0.05, 0.1) is 26.0 Å².